The van der Waals surface area contributed by atoms with Gasteiger partial charge in [0, 0.05) is 24.7 Å². The first-order chi connectivity index (χ1) is 12.1. The number of hydrogen-bond acceptors (Lipinski definition) is 3. The fraction of sp³-hybridized carbons (Fsp3) is 0.450. The number of likely N-dealkylation sites (tertiary alicyclic amines) is 1. The van der Waals surface area contributed by atoms with E-state index in [4.69, 9.17) is 0 Å². The van der Waals surface area contributed by atoms with E-state index < -0.39 is 5.41 Å². The number of hydrogen-bond donors (Lipinski definition) is 1. The number of para-hydroxylation sites is 1. The molecule has 2 heterocycles. The fourth-order valence-electron chi connectivity index (χ4n) is 3.62. The Hall–Kier alpha value is -2.43. The van der Waals surface area contributed by atoms with Crippen molar-refractivity contribution < 1.29 is 9.59 Å². The average molecular weight is 337 g/mol. The molecule has 2 aliphatic rings. The quantitative estimate of drug-likeness (QED) is 0.875. The third kappa shape index (κ3) is 2.88. The molecule has 1 saturated carbocycles. The number of aromatic nitrogens is 1. The lowest BCUT2D eigenvalue weighted by Gasteiger charge is -2.32. The summed E-state index contributed by atoms with van der Waals surface area (Å²) in [4.78, 5) is 32.1. The molecule has 1 aromatic heterocycles. The maximum absolute atomic E-state index is 12.9. The summed E-state index contributed by atoms with van der Waals surface area (Å²) in [5, 5.41) is 3.94. The number of anilines is 1. The van der Waals surface area contributed by atoms with Crippen molar-refractivity contribution in [3.05, 3.63) is 36.5 Å². The van der Waals surface area contributed by atoms with Crippen molar-refractivity contribution in [3.63, 3.8) is 0 Å². The number of nitrogens with one attached hydrogen (secondary N) is 1. The van der Waals surface area contributed by atoms with Gasteiger partial charge in [-0.3, -0.25) is 14.6 Å². The highest BCUT2D eigenvalue weighted by Gasteiger charge is 2.58. The highest BCUT2D eigenvalue weighted by molar-refractivity contribution is 6.14. The molecule has 0 unspecified atom stereocenters. The predicted molar refractivity (Wildman–Crippen MR) is 97.0 cm³/mol. The van der Waals surface area contributed by atoms with Crippen LogP contribution in [-0.2, 0) is 9.59 Å². The molecular formula is C20H23N3O2. The molecule has 0 atom stereocenters. The smallest absolute Gasteiger partial charge is 0.240 e. The second kappa shape index (κ2) is 6.14. The Bertz CT molecular complexity index is 815. The summed E-state index contributed by atoms with van der Waals surface area (Å²) in [6, 6.07) is 9.54. The van der Waals surface area contributed by atoms with Gasteiger partial charge in [0.1, 0.15) is 5.41 Å². The number of carbonyl (C=O) groups excluding carboxylic acids is 2. The van der Waals surface area contributed by atoms with E-state index in [0.29, 0.717) is 24.4 Å². The summed E-state index contributed by atoms with van der Waals surface area (Å²) >= 11 is 0. The van der Waals surface area contributed by atoms with Crippen LogP contribution >= 0.6 is 0 Å². The van der Waals surface area contributed by atoms with Crippen LogP contribution in [0.25, 0.3) is 10.9 Å². The minimum absolute atomic E-state index is 0.00472. The molecule has 1 aromatic carbocycles. The molecule has 5 nitrogen and oxygen atoms in total. The SMILES string of the molecule is CC1CCN(C(=O)C2(C(=O)Nc3cccc4cccnc34)CC2)CC1. The second-order valence-electron chi connectivity index (χ2n) is 7.39. The normalized spacial score (nSPS) is 19.6. The Kier molecular flexibility index (Phi) is 3.94. The lowest BCUT2D eigenvalue weighted by Crippen LogP contribution is -2.46. The van der Waals surface area contributed by atoms with Gasteiger partial charge in [-0.2, -0.15) is 0 Å². The number of benzene rings is 1. The first-order valence-corrected chi connectivity index (χ1v) is 9.05. The third-order valence-corrected chi connectivity index (χ3v) is 5.55. The zero-order valence-corrected chi connectivity index (χ0v) is 14.5. The van der Waals surface area contributed by atoms with E-state index >= 15 is 0 Å². The maximum atomic E-state index is 12.9. The van der Waals surface area contributed by atoms with Gasteiger partial charge in [-0.15, -0.1) is 0 Å². The lowest BCUT2D eigenvalue weighted by molar-refractivity contribution is -0.143. The van der Waals surface area contributed by atoms with Crippen LogP contribution < -0.4 is 5.32 Å². The van der Waals surface area contributed by atoms with Gasteiger partial charge in [-0.1, -0.05) is 25.1 Å². The Labute approximate surface area is 147 Å². The zero-order valence-electron chi connectivity index (χ0n) is 14.5. The van der Waals surface area contributed by atoms with Crippen LogP contribution in [0.4, 0.5) is 5.69 Å². The summed E-state index contributed by atoms with van der Waals surface area (Å²) in [6.07, 6.45) is 5.04. The lowest BCUT2D eigenvalue weighted by atomic mass is 9.96. The van der Waals surface area contributed by atoms with Gasteiger partial charge in [0.2, 0.25) is 11.8 Å². The van der Waals surface area contributed by atoms with Crippen molar-refractivity contribution in [2.45, 2.75) is 32.6 Å². The summed E-state index contributed by atoms with van der Waals surface area (Å²) in [5.74, 6) is 0.481. The molecule has 0 bridgehead atoms. The Balaban J connectivity index is 1.53. The number of pyridine rings is 1. The molecule has 130 valence electrons. The van der Waals surface area contributed by atoms with Crippen molar-refractivity contribution >= 4 is 28.4 Å². The van der Waals surface area contributed by atoms with E-state index in [1.165, 1.54) is 0 Å². The van der Waals surface area contributed by atoms with E-state index in [1.54, 1.807) is 6.20 Å². The first-order valence-electron chi connectivity index (χ1n) is 9.05. The van der Waals surface area contributed by atoms with Gasteiger partial charge < -0.3 is 10.2 Å². The molecule has 1 aliphatic heterocycles. The maximum Gasteiger partial charge on any atom is 0.240 e. The third-order valence-electron chi connectivity index (χ3n) is 5.55. The molecule has 0 spiro atoms. The molecule has 2 amide bonds. The second-order valence-corrected chi connectivity index (χ2v) is 7.39. The van der Waals surface area contributed by atoms with Crippen molar-refractivity contribution in [1.29, 1.82) is 0 Å². The molecule has 2 fully saturated rings. The fourth-order valence-corrected chi connectivity index (χ4v) is 3.62. The van der Waals surface area contributed by atoms with Crippen molar-refractivity contribution in [3.8, 4) is 0 Å². The number of carbonyl (C=O) groups is 2. The van der Waals surface area contributed by atoms with Gasteiger partial charge in [-0.25, -0.2) is 0 Å². The molecule has 1 saturated heterocycles. The zero-order chi connectivity index (χ0) is 17.4. The molecule has 1 N–H and O–H groups in total. The molecule has 0 radical (unpaired) electrons. The van der Waals surface area contributed by atoms with Gasteiger partial charge in [0.15, 0.2) is 0 Å². The predicted octanol–water partition coefficient (Wildman–Crippen LogP) is 3.21. The summed E-state index contributed by atoms with van der Waals surface area (Å²) in [6.45, 7) is 3.75. The average Bonchev–Trinajstić information content (AvgIpc) is 3.44. The number of fused-ring (bicyclic) bond motifs is 1. The van der Waals surface area contributed by atoms with Crippen LogP contribution in [0.2, 0.25) is 0 Å². The summed E-state index contributed by atoms with van der Waals surface area (Å²) < 4.78 is 0. The van der Waals surface area contributed by atoms with Crippen LogP contribution in [0.5, 0.6) is 0 Å². The first kappa shape index (κ1) is 16.1. The van der Waals surface area contributed by atoms with Crippen LogP contribution in [0.3, 0.4) is 0 Å². The monoisotopic (exact) mass is 337 g/mol. The summed E-state index contributed by atoms with van der Waals surface area (Å²) in [7, 11) is 0. The van der Waals surface area contributed by atoms with Gasteiger partial charge in [0.25, 0.3) is 0 Å². The molecular weight excluding hydrogens is 314 g/mol. The Morgan fingerprint density at radius 2 is 1.88 bits per heavy atom. The Morgan fingerprint density at radius 3 is 2.60 bits per heavy atom. The van der Waals surface area contributed by atoms with Gasteiger partial charge >= 0.3 is 0 Å². The van der Waals surface area contributed by atoms with Crippen molar-refractivity contribution in [1.82, 2.24) is 9.88 Å². The Morgan fingerprint density at radius 1 is 1.16 bits per heavy atom. The van der Waals surface area contributed by atoms with Gasteiger partial charge in [0.05, 0.1) is 11.2 Å². The van der Waals surface area contributed by atoms with Crippen LogP contribution in [0.15, 0.2) is 36.5 Å². The number of rotatable bonds is 3. The van der Waals surface area contributed by atoms with Crippen LogP contribution in [0.1, 0.15) is 32.6 Å². The molecule has 4 rings (SSSR count). The van der Waals surface area contributed by atoms with E-state index in [-0.39, 0.29) is 11.8 Å². The highest BCUT2D eigenvalue weighted by atomic mass is 16.2. The number of piperidine rings is 1. The molecule has 2 aromatic rings. The van der Waals surface area contributed by atoms with E-state index in [1.807, 2.05) is 35.2 Å². The molecule has 1 aliphatic carbocycles. The summed E-state index contributed by atoms with van der Waals surface area (Å²) in [5.41, 5.74) is 0.570. The molecule has 5 heteroatoms. The number of nitrogens with zero attached hydrogens (tertiary/aromatic N) is 2. The van der Waals surface area contributed by atoms with Crippen molar-refractivity contribution in [2.24, 2.45) is 11.3 Å². The topological polar surface area (TPSA) is 62.3 Å². The van der Waals surface area contributed by atoms with E-state index in [2.05, 4.69) is 17.2 Å². The number of amides is 2. The van der Waals surface area contributed by atoms with E-state index in [9.17, 15) is 9.59 Å². The van der Waals surface area contributed by atoms with Crippen LogP contribution in [0, 0.1) is 11.3 Å². The largest absolute Gasteiger partial charge is 0.342 e. The standard InChI is InChI=1S/C20H23N3O2/c1-14-7-12-23(13-8-14)19(25)20(9-10-20)18(24)22-16-6-2-4-15-5-3-11-21-17(15)16/h2-6,11,14H,7-10,12-13H2,1H3,(H,22,24). The van der Waals surface area contributed by atoms with Gasteiger partial charge in [-0.05, 0) is 43.7 Å². The van der Waals surface area contributed by atoms with Crippen LogP contribution in [-0.4, -0.2) is 34.8 Å². The van der Waals surface area contributed by atoms with E-state index in [0.717, 1.165) is 36.8 Å². The van der Waals surface area contributed by atoms with Crippen molar-refractivity contribution in [2.75, 3.05) is 18.4 Å². The molecule has 25 heavy (non-hydrogen) atoms. The highest BCUT2D eigenvalue weighted by Crippen LogP contribution is 2.48. The minimum atomic E-state index is -0.864. The minimum Gasteiger partial charge on any atom is -0.342 e.